The molecule has 1 aliphatic rings. The number of urea groups is 1. The monoisotopic (exact) mass is 374 g/mol. The Morgan fingerprint density at radius 2 is 1.96 bits per heavy atom. The number of anilines is 2. The van der Waals surface area contributed by atoms with Crippen molar-refractivity contribution in [3.05, 3.63) is 52.6 Å². The first kappa shape index (κ1) is 15.8. The van der Waals surface area contributed by atoms with Crippen LogP contribution in [0.5, 0.6) is 0 Å². The van der Waals surface area contributed by atoms with E-state index in [9.17, 15) is 4.79 Å². The Labute approximate surface area is 144 Å². The molecule has 2 amide bonds. The van der Waals surface area contributed by atoms with Crippen molar-refractivity contribution in [2.24, 2.45) is 0 Å². The largest absolute Gasteiger partial charge is 0.357 e. The van der Waals surface area contributed by atoms with E-state index >= 15 is 0 Å². The Bertz CT molecular complexity index is 669. The first-order chi connectivity index (χ1) is 11.2. The van der Waals surface area contributed by atoms with Gasteiger partial charge in [0.2, 0.25) is 0 Å². The van der Waals surface area contributed by atoms with E-state index in [1.54, 1.807) is 0 Å². The van der Waals surface area contributed by atoms with Crippen molar-refractivity contribution in [3.63, 3.8) is 0 Å². The fourth-order valence-electron chi connectivity index (χ4n) is 2.57. The van der Waals surface area contributed by atoms with Crippen molar-refractivity contribution in [2.45, 2.75) is 19.4 Å². The van der Waals surface area contributed by atoms with Crippen LogP contribution in [0.15, 0.2) is 47.1 Å². The Kier molecular flexibility index (Phi) is 5.12. The zero-order chi connectivity index (χ0) is 16.1. The summed E-state index contributed by atoms with van der Waals surface area (Å²) in [6.45, 7) is 2.61. The molecule has 120 valence electrons. The van der Waals surface area contributed by atoms with Crippen LogP contribution in [0, 0.1) is 0 Å². The molecule has 0 spiro atoms. The molecular weight excluding hydrogens is 356 g/mol. The molecule has 1 aromatic carbocycles. The van der Waals surface area contributed by atoms with E-state index in [0.29, 0.717) is 6.54 Å². The van der Waals surface area contributed by atoms with Gasteiger partial charge in [0.05, 0.1) is 5.69 Å². The average molecular weight is 375 g/mol. The van der Waals surface area contributed by atoms with Gasteiger partial charge in [0.25, 0.3) is 0 Å². The van der Waals surface area contributed by atoms with Crippen LogP contribution in [0.25, 0.3) is 0 Å². The van der Waals surface area contributed by atoms with Crippen LogP contribution in [0.4, 0.5) is 16.3 Å². The van der Waals surface area contributed by atoms with E-state index in [4.69, 9.17) is 0 Å². The SMILES string of the molecule is O=C(NCc1ccc(N2CCCC2)nc1)Nc1ccccc1Br. The summed E-state index contributed by atoms with van der Waals surface area (Å²) in [4.78, 5) is 18.7. The van der Waals surface area contributed by atoms with E-state index in [2.05, 4.69) is 36.4 Å². The number of carbonyl (C=O) groups excluding carboxylic acids is 1. The van der Waals surface area contributed by atoms with Gasteiger partial charge < -0.3 is 15.5 Å². The van der Waals surface area contributed by atoms with Crippen LogP contribution in [-0.4, -0.2) is 24.1 Å². The molecule has 1 fully saturated rings. The number of nitrogens with zero attached hydrogens (tertiary/aromatic N) is 2. The Morgan fingerprint density at radius 3 is 2.65 bits per heavy atom. The first-order valence-electron chi connectivity index (χ1n) is 7.71. The summed E-state index contributed by atoms with van der Waals surface area (Å²) in [5, 5.41) is 5.65. The summed E-state index contributed by atoms with van der Waals surface area (Å²) in [5.41, 5.74) is 1.72. The van der Waals surface area contributed by atoms with Crippen molar-refractivity contribution < 1.29 is 4.79 Å². The standard InChI is InChI=1S/C17H19BrN4O/c18-14-5-1-2-6-15(14)21-17(23)20-12-13-7-8-16(19-11-13)22-9-3-4-10-22/h1-2,5-8,11H,3-4,9-10,12H2,(H2,20,21,23). The molecule has 2 heterocycles. The molecule has 1 saturated heterocycles. The number of carbonyl (C=O) groups is 1. The van der Waals surface area contributed by atoms with Gasteiger partial charge in [0, 0.05) is 30.3 Å². The summed E-state index contributed by atoms with van der Waals surface area (Å²) >= 11 is 3.40. The topological polar surface area (TPSA) is 57.3 Å². The van der Waals surface area contributed by atoms with Crippen LogP contribution >= 0.6 is 15.9 Å². The molecule has 1 aromatic heterocycles. The van der Waals surface area contributed by atoms with Crippen LogP contribution in [0.1, 0.15) is 18.4 Å². The second-order valence-electron chi connectivity index (χ2n) is 5.51. The number of rotatable bonds is 4. The summed E-state index contributed by atoms with van der Waals surface area (Å²) < 4.78 is 0.854. The fourth-order valence-corrected chi connectivity index (χ4v) is 2.95. The minimum absolute atomic E-state index is 0.236. The third-order valence-electron chi connectivity index (χ3n) is 3.81. The van der Waals surface area contributed by atoms with Gasteiger partial charge >= 0.3 is 6.03 Å². The van der Waals surface area contributed by atoms with Crippen molar-refractivity contribution in [1.29, 1.82) is 0 Å². The van der Waals surface area contributed by atoms with E-state index in [1.165, 1.54) is 12.8 Å². The smallest absolute Gasteiger partial charge is 0.319 e. The summed E-state index contributed by atoms with van der Waals surface area (Å²) in [6.07, 6.45) is 4.30. The number of aromatic nitrogens is 1. The van der Waals surface area contributed by atoms with Crippen molar-refractivity contribution >= 4 is 33.5 Å². The normalized spacial score (nSPS) is 13.9. The molecular formula is C17H19BrN4O. The van der Waals surface area contributed by atoms with Crippen LogP contribution in [-0.2, 0) is 6.54 Å². The molecule has 0 atom stereocenters. The van der Waals surface area contributed by atoms with Gasteiger partial charge in [-0.1, -0.05) is 18.2 Å². The van der Waals surface area contributed by atoms with Gasteiger partial charge in [-0.25, -0.2) is 9.78 Å². The van der Waals surface area contributed by atoms with Crippen molar-refractivity contribution in [2.75, 3.05) is 23.3 Å². The molecule has 2 N–H and O–H groups in total. The lowest BCUT2D eigenvalue weighted by molar-refractivity contribution is 0.251. The highest BCUT2D eigenvalue weighted by molar-refractivity contribution is 9.10. The van der Waals surface area contributed by atoms with E-state index in [0.717, 1.165) is 34.6 Å². The lowest BCUT2D eigenvalue weighted by Gasteiger charge is -2.16. The second-order valence-corrected chi connectivity index (χ2v) is 6.36. The highest BCUT2D eigenvalue weighted by Crippen LogP contribution is 2.21. The molecule has 0 unspecified atom stereocenters. The maximum atomic E-state index is 11.9. The average Bonchev–Trinajstić information content (AvgIpc) is 3.10. The van der Waals surface area contributed by atoms with E-state index < -0.39 is 0 Å². The number of halogens is 1. The third-order valence-corrected chi connectivity index (χ3v) is 4.51. The Morgan fingerprint density at radius 1 is 1.17 bits per heavy atom. The minimum atomic E-state index is -0.236. The maximum Gasteiger partial charge on any atom is 0.319 e. The first-order valence-corrected chi connectivity index (χ1v) is 8.51. The third kappa shape index (κ3) is 4.22. The van der Waals surface area contributed by atoms with Gasteiger partial charge in [0.15, 0.2) is 0 Å². The molecule has 0 bridgehead atoms. The van der Waals surface area contributed by atoms with Crippen LogP contribution in [0.3, 0.4) is 0 Å². The lowest BCUT2D eigenvalue weighted by atomic mass is 10.3. The fraction of sp³-hybridized carbons (Fsp3) is 0.294. The number of hydrogen-bond acceptors (Lipinski definition) is 3. The Balaban J connectivity index is 1.51. The lowest BCUT2D eigenvalue weighted by Crippen LogP contribution is -2.28. The zero-order valence-corrected chi connectivity index (χ0v) is 14.3. The highest BCUT2D eigenvalue weighted by Gasteiger charge is 2.13. The number of pyridine rings is 1. The number of benzene rings is 1. The van der Waals surface area contributed by atoms with Crippen molar-refractivity contribution in [3.8, 4) is 0 Å². The summed E-state index contributed by atoms with van der Waals surface area (Å²) in [6, 6.07) is 11.3. The molecule has 0 saturated carbocycles. The number of nitrogens with one attached hydrogen (secondary N) is 2. The predicted octanol–water partition coefficient (Wildman–Crippen LogP) is 3.77. The molecule has 23 heavy (non-hydrogen) atoms. The summed E-state index contributed by atoms with van der Waals surface area (Å²) in [5.74, 6) is 1.02. The quantitative estimate of drug-likeness (QED) is 0.856. The molecule has 5 nitrogen and oxygen atoms in total. The van der Waals surface area contributed by atoms with Crippen LogP contribution in [0.2, 0.25) is 0 Å². The predicted molar refractivity (Wildman–Crippen MR) is 95.7 cm³/mol. The zero-order valence-electron chi connectivity index (χ0n) is 12.8. The molecule has 3 rings (SSSR count). The van der Waals surface area contributed by atoms with Gasteiger partial charge in [-0.2, -0.15) is 0 Å². The highest BCUT2D eigenvalue weighted by atomic mass is 79.9. The maximum absolute atomic E-state index is 11.9. The van der Waals surface area contributed by atoms with E-state index in [-0.39, 0.29) is 6.03 Å². The van der Waals surface area contributed by atoms with Gasteiger partial charge in [-0.15, -0.1) is 0 Å². The second kappa shape index (κ2) is 7.46. The summed E-state index contributed by atoms with van der Waals surface area (Å²) in [7, 11) is 0. The van der Waals surface area contributed by atoms with Crippen LogP contribution < -0.4 is 15.5 Å². The molecule has 6 heteroatoms. The molecule has 2 aromatic rings. The number of para-hydroxylation sites is 1. The van der Waals surface area contributed by atoms with Gasteiger partial charge in [-0.3, -0.25) is 0 Å². The van der Waals surface area contributed by atoms with Crippen molar-refractivity contribution in [1.82, 2.24) is 10.3 Å². The molecule has 0 aliphatic carbocycles. The number of hydrogen-bond donors (Lipinski definition) is 2. The molecule has 1 aliphatic heterocycles. The van der Waals surface area contributed by atoms with Gasteiger partial charge in [-0.05, 0) is 52.5 Å². The Hall–Kier alpha value is -2.08. The molecule has 0 radical (unpaired) electrons. The number of amides is 2. The van der Waals surface area contributed by atoms with Gasteiger partial charge in [0.1, 0.15) is 5.82 Å². The minimum Gasteiger partial charge on any atom is -0.357 e. The van der Waals surface area contributed by atoms with E-state index in [1.807, 2.05) is 42.6 Å².